The van der Waals surface area contributed by atoms with Crippen molar-refractivity contribution in [2.75, 3.05) is 18.7 Å². The molecular weight excluding hydrogens is 328 g/mol. The van der Waals surface area contributed by atoms with Crippen LogP contribution in [0.5, 0.6) is 0 Å². The standard InChI is InChI=1S/C13H12N2O5S2/c1-20-12(17)9-6-4-3-5-8(9)11(16)15-13-14-7-10(21-13)22(2,18)19/h3-7H,1-2H3,(H,14,15,16). The average molecular weight is 340 g/mol. The third-order valence-electron chi connectivity index (χ3n) is 2.65. The number of hydrogen-bond donors (Lipinski definition) is 1. The average Bonchev–Trinajstić information content (AvgIpc) is 2.95. The molecule has 7 nitrogen and oxygen atoms in total. The van der Waals surface area contributed by atoms with Crippen LogP contribution < -0.4 is 5.32 Å². The van der Waals surface area contributed by atoms with Gasteiger partial charge in [0.25, 0.3) is 5.91 Å². The second-order valence-electron chi connectivity index (χ2n) is 4.25. The van der Waals surface area contributed by atoms with E-state index in [1.54, 1.807) is 12.1 Å². The molecule has 0 spiro atoms. The summed E-state index contributed by atoms with van der Waals surface area (Å²) >= 11 is 0.836. The summed E-state index contributed by atoms with van der Waals surface area (Å²) in [6.07, 6.45) is 2.22. The van der Waals surface area contributed by atoms with Crippen LogP contribution >= 0.6 is 11.3 Å². The van der Waals surface area contributed by atoms with Crippen LogP contribution in [-0.2, 0) is 14.6 Å². The van der Waals surface area contributed by atoms with Crippen molar-refractivity contribution in [3.8, 4) is 0 Å². The van der Waals surface area contributed by atoms with E-state index in [2.05, 4.69) is 15.0 Å². The summed E-state index contributed by atoms with van der Waals surface area (Å²) in [5.74, 6) is -1.21. The predicted octanol–water partition coefficient (Wildman–Crippen LogP) is 1.59. The van der Waals surface area contributed by atoms with Crippen LogP contribution in [0.15, 0.2) is 34.7 Å². The molecule has 1 amide bonds. The Morgan fingerprint density at radius 3 is 2.41 bits per heavy atom. The maximum atomic E-state index is 12.2. The van der Waals surface area contributed by atoms with Crippen LogP contribution in [0.25, 0.3) is 0 Å². The highest BCUT2D eigenvalue weighted by molar-refractivity contribution is 7.92. The lowest BCUT2D eigenvalue weighted by Crippen LogP contribution is -2.16. The van der Waals surface area contributed by atoms with Gasteiger partial charge in [0.05, 0.1) is 24.4 Å². The molecule has 0 aliphatic carbocycles. The molecule has 0 saturated carbocycles. The highest BCUT2D eigenvalue weighted by Gasteiger charge is 2.19. The number of hydrogen-bond acceptors (Lipinski definition) is 7. The largest absolute Gasteiger partial charge is 0.465 e. The van der Waals surface area contributed by atoms with Crippen molar-refractivity contribution in [2.24, 2.45) is 0 Å². The summed E-state index contributed by atoms with van der Waals surface area (Å²) < 4.78 is 27.4. The van der Waals surface area contributed by atoms with Crippen LogP contribution in [0.2, 0.25) is 0 Å². The molecule has 0 atom stereocenters. The van der Waals surface area contributed by atoms with Gasteiger partial charge in [-0.15, -0.1) is 0 Å². The summed E-state index contributed by atoms with van der Waals surface area (Å²) in [4.78, 5) is 27.7. The fourth-order valence-electron chi connectivity index (χ4n) is 1.62. The van der Waals surface area contributed by atoms with Crippen LogP contribution in [0.4, 0.5) is 5.13 Å². The van der Waals surface area contributed by atoms with Crippen molar-refractivity contribution >= 4 is 38.2 Å². The number of carbonyl (C=O) groups is 2. The minimum atomic E-state index is -3.38. The highest BCUT2D eigenvalue weighted by Crippen LogP contribution is 2.23. The lowest BCUT2D eigenvalue weighted by Gasteiger charge is -2.06. The van der Waals surface area contributed by atoms with E-state index in [0.717, 1.165) is 17.6 Å². The molecule has 116 valence electrons. The molecule has 9 heteroatoms. The van der Waals surface area contributed by atoms with Gasteiger partial charge in [-0.25, -0.2) is 18.2 Å². The normalized spacial score (nSPS) is 11.0. The van der Waals surface area contributed by atoms with E-state index < -0.39 is 21.7 Å². The number of anilines is 1. The number of benzene rings is 1. The SMILES string of the molecule is COC(=O)c1ccccc1C(=O)Nc1ncc(S(C)(=O)=O)s1. The van der Waals surface area contributed by atoms with E-state index in [1.807, 2.05) is 0 Å². The van der Waals surface area contributed by atoms with E-state index >= 15 is 0 Å². The second-order valence-corrected chi connectivity index (χ2v) is 7.52. The van der Waals surface area contributed by atoms with Gasteiger partial charge < -0.3 is 4.74 Å². The molecule has 0 fully saturated rings. The van der Waals surface area contributed by atoms with E-state index in [0.29, 0.717) is 0 Å². The summed E-state index contributed by atoms with van der Waals surface area (Å²) in [5.41, 5.74) is 0.229. The molecule has 0 radical (unpaired) electrons. The van der Waals surface area contributed by atoms with Crippen molar-refractivity contribution in [2.45, 2.75) is 4.21 Å². The zero-order chi connectivity index (χ0) is 16.3. The predicted molar refractivity (Wildman–Crippen MR) is 81.0 cm³/mol. The summed E-state index contributed by atoms with van der Waals surface area (Å²) in [6, 6.07) is 6.14. The smallest absolute Gasteiger partial charge is 0.338 e. The molecule has 22 heavy (non-hydrogen) atoms. The fourth-order valence-corrected chi connectivity index (χ4v) is 3.25. The summed E-state index contributed by atoms with van der Waals surface area (Å²) in [5, 5.41) is 2.60. The minimum Gasteiger partial charge on any atom is -0.465 e. The Labute approximate surface area is 130 Å². The number of carbonyl (C=O) groups excluding carboxylic acids is 2. The second kappa shape index (κ2) is 6.24. The van der Waals surface area contributed by atoms with Gasteiger partial charge in [-0.1, -0.05) is 23.5 Å². The van der Waals surface area contributed by atoms with Gasteiger partial charge in [0, 0.05) is 6.26 Å². The first-order valence-corrected chi connectivity index (χ1v) is 8.68. The molecule has 0 aliphatic rings. The Balaban J connectivity index is 2.27. The monoisotopic (exact) mass is 340 g/mol. The maximum Gasteiger partial charge on any atom is 0.338 e. The molecule has 0 aliphatic heterocycles. The zero-order valence-electron chi connectivity index (χ0n) is 11.7. The molecule has 0 saturated heterocycles. The van der Waals surface area contributed by atoms with Gasteiger partial charge in [-0.3, -0.25) is 10.1 Å². The summed E-state index contributed by atoms with van der Waals surface area (Å²) in [7, 11) is -2.16. The number of aromatic nitrogens is 1. The number of rotatable bonds is 4. The van der Waals surface area contributed by atoms with Crippen LogP contribution in [0.1, 0.15) is 20.7 Å². The van der Waals surface area contributed by atoms with Gasteiger partial charge in [0.1, 0.15) is 4.21 Å². The number of amides is 1. The molecule has 1 aromatic heterocycles. The Bertz CT molecular complexity index is 826. The topological polar surface area (TPSA) is 102 Å². The Hall–Kier alpha value is -2.26. The van der Waals surface area contributed by atoms with E-state index in [9.17, 15) is 18.0 Å². The fraction of sp³-hybridized carbons (Fsp3) is 0.154. The Kier molecular flexibility index (Phi) is 4.57. The Morgan fingerprint density at radius 2 is 1.86 bits per heavy atom. The summed E-state index contributed by atoms with van der Waals surface area (Å²) in [6.45, 7) is 0. The van der Waals surface area contributed by atoms with Crippen molar-refractivity contribution in [1.82, 2.24) is 4.98 Å². The molecule has 0 unspecified atom stereocenters. The van der Waals surface area contributed by atoms with Crippen molar-refractivity contribution in [3.63, 3.8) is 0 Å². The van der Waals surface area contributed by atoms with Gasteiger partial charge in [0.15, 0.2) is 15.0 Å². The van der Waals surface area contributed by atoms with Crippen LogP contribution in [0, 0.1) is 0 Å². The number of esters is 1. The minimum absolute atomic E-state index is 0.0454. The van der Waals surface area contributed by atoms with Crippen molar-refractivity contribution in [1.29, 1.82) is 0 Å². The first-order valence-electron chi connectivity index (χ1n) is 5.97. The molecule has 2 aromatic rings. The molecule has 1 N–H and O–H groups in total. The third kappa shape index (κ3) is 3.49. The van der Waals surface area contributed by atoms with Gasteiger partial charge in [-0.05, 0) is 12.1 Å². The quantitative estimate of drug-likeness (QED) is 0.848. The molecule has 2 rings (SSSR count). The van der Waals surface area contributed by atoms with Crippen LogP contribution in [-0.4, -0.2) is 38.6 Å². The van der Waals surface area contributed by atoms with Gasteiger partial charge >= 0.3 is 5.97 Å². The molecule has 1 aromatic carbocycles. The third-order valence-corrected chi connectivity index (χ3v) is 5.35. The van der Waals surface area contributed by atoms with E-state index in [1.165, 1.54) is 25.4 Å². The van der Waals surface area contributed by atoms with Crippen molar-refractivity contribution in [3.05, 3.63) is 41.6 Å². The molecular formula is C13H12N2O5S2. The maximum absolute atomic E-state index is 12.2. The van der Waals surface area contributed by atoms with Crippen molar-refractivity contribution < 1.29 is 22.7 Å². The van der Waals surface area contributed by atoms with Gasteiger partial charge in [-0.2, -0.15) is 0 Å². The lowest BCUT2D eigenvalue weighted by molar-refractivity contribution is 0.0597. The van der Waals surface area contributed by atoms with E-state index in [-0.39, 0.29) is 20.5 Å². The number of nitrogens with one attached hydrogen (secondary N) is 1. The highest BCUT2D eigenvalue weighted by atomic mass is 32.2. The van der Waals surface area contributed by atoms with E-state index in [4.69, 9.17) is 0 Å². The molecule has 1 heterocycles. The number of sulfone groups is 1. The lowest BCUT2D eigenvalue weighted by atomic mass is 10.1. The first kappa shape index (κ1) is 16.1. The Morgan fingerprint density at radius 1 is 1.23 bits per heavy atom. The zero-order valence-corrected chi connectivity index (χ0v) is 13.3. The first-order chi connectivity index (χ1) is 10.3. The number of methoxy groups -OCH3 is 1. The molecule has 0 bridgehead atoms. The van der Waals surface area contributed by atoms with Gasteiger partial charge in [0.2, 0.25) is 0 Å². The number of ether oxygens (including phenoxy) is 1. The van der Waals surface area contributed by atoms with Crippen LogP contribution in [0.3, 0.4) is 0 Å². The number of thiazole rings is 1. The number of nitrogens with zero attached hydrogens (tertiary/aromatic N) is 1.